The molecule has 1 aliphatic rings. The van der Waals surface area contributed by atoms with Gasteiger partial charge in [-0.2, -0.15) is 0 Å². The summed E-state index contributed by atoms with van der Waals surface area (Å²) in [6.45, 7) is 0.262. The monoisotopic (exact) mass is 474 g/mol. The molecule has 0 amide bonds. The fraction of sp³-hybridized carbons (Fsp3) is 0.192. The van der Waals surface area contributed by atoms with E-state index in [1.807, 2.05) is 36.4 Å². The Hall–Kier alpha value is -4.37. The minimum Gasteiger partial charge on any atom is -0.471 e. The van der Waals surface area contributed by atoms with Crippen LogP contribution in [0.4, 0.5) is 5.69 Å². The minimum atomic E-state index is -1.10. The number of benzene rings is 1. The van der Waals surface area contributed by atoms with Gasteiger partial charge in [0.15, 0.2) is 5.76 Å². The molecule has 0 saturated heterocycles. The zero-order chi connectivity index (χ0) is 24.5. The van der Waals surface area contributed by atoms with Crippen LogP contribution in [0.25, 0.3) is 11.3 Å². The molecule has 0 spiro atoms. The lowest BCUT2D eigenvalue weighted by molar-refractivity contribution is 0.0529. The van der Waals surface area contributed by atoms with Gasteiger partial charge in [-0.15, -0.1) is 0 Å². The highest BCUT2D eigenvalue weighted by atomic mass is 16.5. The summed E-state index contributed by atoms with van der Waals surface area (Å²) >= 11 is 0. The molecular formula is C26H22N2O7. The molecule has 0 radical (unpaired) electrons. The number of hydrogen-bond acceptors (Lipinski definition) is 9. The summed E-state index contributed by atoms with van der Waals surface area (Å²) in [4.78, 5) is 32.0. The first kappa shape index (κ1) is 22.4. The molecule has 1 aromatic carbocycles. The van der Waals surface area contributed by atoms with Crippen LogP contribution in [0.3, 0.4) is 0 Å². The Kier molecular flexibility index (Phi) is 5.84. The van der Waals surface area contributed by atoms with Crippen LogP contribution in [0.5, 0.6) is 0 Å². The summed E-state index contributed by atoms with van der Waals surface area (Å²) in [6.07, 6.45) is 3.35. The predicted molar refractivity (Wildman–Crippen MR) is 124 cm³/mol. The summed E-state index contributed by atoms with van der Waals surface area (Å²) in [5.74, 6) is -1.73. The van der Waals surface area contributed by atoms with Gasteiger partial charge in [-0.1, -0.05) is 36.4 Å². The molecule has 35 heavy (non-hydrogen) atoms. The van der Waals surface area contributed by atoms with E-state index in [1.54, 1.807) is 23.2 Å². The normalized spacial score (nSPS) is 16.7. The first-order valence-electron chi connectivity index (χ1n) is 10.8. The zero-order valence-corrected chi connectivity index (χ0v) is 19.0. The summed E-state index contributed by atoms with van der Waals surface area (Å²) in [5.41, 5.74) is 2.45. The van der Waals surface area contributed by atoms with Crippen molar-refractivity contribution in [3.63, 3.8) is 0 Å². The number of methoxy groups -OCH3 is 2. The summed E-state index contributed by atoms with van der Waals surface area (Å²) in [5, 5.41) is 11.6. The van der Waals surface area contributed by atoms with Gasteiger partial charge >= 0.3 is 11.9 Å². The van der Waals surface area contributed by atoms with Crippen LogP contribution in [-0.4, -0.2) is 36.2 Å². The van der Waals surface area contributed by atoms with Crippen LogP contribution >= 0.6 is 0 Å². The average Bonchev–Trinajstić information content (AvgIpc) is 3.52. The van der Waals surface area contributed by atoms with Crippen LogP contribution < -0.4 is 4.90 Å². The van der Waals surface area contributed by atoms with E-state index in [2.05, 4.69) is 4.98 Å². The summed E-state index contributed by atoms with van der Waals surface area (Å²) in [6, 6.07) is 14.1. The van der Waals surface area contributed by atoms with Gasteiger partial charge in [0.1, 0.15) is 29.7 Å². The van der Waals surface area contributed by atoms with Crippen molar-refractivity contribution in [2.75, 3.05) is 19.1 Å². The number of aliphatic hydroxyl groups is 1. The average molecular weight is 474 g/mol. The molecule has 1 N–H and O–H groups in total. The second kappa shape index (κ2) is 9.11. The van der Waals surface area contributed by atoms with Crippen LogP contribution in [0, 0.1) is 0 Å². The molecule has 4 heterocycles. The molecule has 2 atom stereocenters. The molecule has 178 valence electrons. The molecule has 0 aliphatic carbocycles. The topological polar surface area (TPSA) is 115 Å². The number of furan rings is 2. The van der Waals surface area contributed by atoms with Crippen molar-refractivity contribution in [1.82, 2.24) is 4.98 Å². The number of carbonyl (C=O) groups excluding carboxylic acids is 2. The van der Waals surface area contributed by atoms with E-state index in [9.17, 15) is 14.7 Å². The number of aromatic nitrogens is 1. The number of carbonyl (C=O) groups is 2. The SMILES string of the molecule is COC(=O)c1oc2c(c1C(=O)OC)N(Cc1ccccc1)[C@H](c1ccccn1)[C@H](O)c1cocc1-2. The Morgan fingerprint density at radius 2 is 1.77 bits per heavy atom. The van der Waals surface area contributed by atoms with Gasteiger partial charge in [0, 0.05) is 18.3 Å². The van der Waals surface area contributed by atoms with Gasteiger partial charge in [-0.3, -0.25) is 4.98 Å². The molecule has 3 aromatic heterocycles. The maximum atomic E-state index is 13.1. The lowest BCUT2D eigenvalue weighted by atomic mass is 9.98. The van der Waals surface area contributed by atoms with E-state index >= 15 is 0 Å². The van der Waals surface area contributed by atoms with Crippen molar-refractivity contribution >= 4 is 17.6 Å². The number of esters is 2. The Labute approximate surface area is 200 Å². The fourth-order valence-corrected chi connectivity index (χ4v) is 4.44. The van der Waals surface area contributed by atoms with Gasteiger partial charge in [0.25, 0.3) is 0 Å². The number of anilines is 1. The van der Waals surface area contributed by atoms with E-state index in [1.165, 1.54) is 26.7 Å². The molecular weight excluding hydrogens is 452 g/mol. The maximum absolute atomic E-state index is 13.1. The zero-order valence-electron chi connectivity index (χ0n) is 19.0. The molecule has 9 nitrogen and oxygen atoms in total. The second-order valence-electron chi connectivity index (χ2n) is 7.97. The molecule has 0 unspecified atom stereocenters. The van der Waals surface area contributed by atoms with Crippen LogP contribution in [-0.2, 0) is 16.0 Å². The third-order valence-electron chi connectivity index (χ3n) is 6.01. The lowest BCUT2D eigenvalue weighted by Gasteiger charge is -2.34. The van der Waals surface area contributed by atoms with E-state index in [0.29, 0.717) is 16.8 Å². The largest absolute Gasteiger partial charge is 0.471 e. The number of nitrogens with zero attached hydrogens (tertiary/aromatic N) is 2. The van der Waals surface area contributed by atoms with Gasteiger partial charge < -0.3 is 28.3 Å². The van der Waals surface area contributed by atoms with Gasteiger partial charge in [0.05, 0.1) is 31.7 Å². The third-order valence-corrected chi connectivity index (χ3v) is 6.01. The first-order valence-corrected chi connectivity index (χ1v) is 10.8. The Balaban J connectivity index is 1.85. The van der Waals surface area contributed by atoms with Gasteiger partial charge in [-0.25, -0.2) is 9.59 Å². The summed E-state index contributed by atoms with van der Waals surface area (Å²) < 4.78 is 21.3. The molecule has 0 fully saturated rings. The second-order valence-corrected chi connectivity index (χ2v) is 7.97. The first-order chi connectivity index (χ1) is 17.0. The predicted octanol–water partition coefficient (Wildman–Crippen LogP) is 4.30. The van der Waals surface area contributed by atoms with Crippen molar-refractivity contribution in [3.8, 4) is 11.3 Å². The molecule has 0 saturated carbocycles. The number of aliphatic hydroxyl groups excluding tert-OH is 1. The van der Waals surface area contributed by atoms with Gasteiger partial charge in [-0.05, 0) is 17.7 Å². The number of fused-ring (bicyclic) bond motifs is 3. The number of pyridine rings is 1. The van der Waals surface area contributed by atoms with Crippen LogP contribution in [0.15, 0.2) is 76.1 Å². The number of ether oxygens (including phenoxy) is 2. The van der Waals surface area contributed by atoms with E-state index in [-0.39, 0.29) is 29.3 Å². The van der Waals surface area contributed by atoms with Crippen molar-refractivity contribution in [3.05, 3.63) is 95.4 Å². The molecule has 9 heteroatoms. The highest BCUT2D eigenvalue weighted by Gasteiger charge is 2.44. The summed E-state index contributed by atoms with van der Waals surface area (Å²) in [7, 11) is 2.41. The Bertz CT molecular complexity index is 1360. The Morgan fingerprint density at radius 1 is 1.03 bits per heavy atom. The maximum Gasteiger partial charge on any atom is 0.374 e. The highest BCUT2D eigenvalue weighted by molar-refractivity contribution is 6.09. The standard InChI is InChI=1S/C26H22N2O7/c1-32-25(30)19-21-23(35-24(19)26(31)33-2)17-14-34-13-16(17)22(29)20(18-10-6-7-11-27-18)28(21)12-15-8-4-3-5-9-15/h3-11,13-14,20,22,29H,12H2,1-2H3/t20-,22-/m1/s1. The van der Waals surface area contributed by atoms with E-state index in [0.717, 1.165) is 5.56 Å². The minimum absolute atomic E-state index is 0.104. The van der Waals surface area contributed by atoms with E-state index < -0.39 is 24.1 Å². The third kappa shape index (κ3) is 3.75. The molecule has 4 aromatic rings. The Morgan fingerprint density at radius 3 is 2.46 bits per heavy atom. The van der Waals surface area contributed by atoms with E-state index in [4.69, 9.17) is 18.3 Å². The van der Waals surface area contributed by atoms with Gasteiger partial charge in [0.2, 0.25) is 5.76 Å². The molecule has 5 rings (SSSR count). The number of hydrogen-bond donors (Lipinski definition) is 1. The smallest absolute Gasteiger partial charge is 0.374 e. The number of rotatable bonds is 5. The van der Waals surface area contributed by atoms with Crippen LogP contribution in [0.1, 0.15) is 49.9 Å². The quantitative estimate of drug-likeness (QED) is 0.423. The molecule has 0 bridgehead atoms. The van der Waals surface area contributed by atoms with Crippen molar-refractivity contribution < 1.29 is 33.0 Å². The van der Waals surface area contributed by atoms with Crippen LogP contribution in [0.2, 0.25) is 0 Å². The molecule has 1 aliphatic heterocycles. The lowest BCUT2D eigenvalue weighted by Crippen LogP contribution is -2.33. The highest BCUT2D eigenvalue weighted by Crippen LogP contribution is 2.51. The van der Waals surface area contributed by atoms with Crippen molar-refractivity contribution in [2.45, 2.75) is 18.7 Å². The van der Waals surface area contributed by atoms with Crippen molar-refractivity contribution in [1.29, 1.82) is 0 Å². The van der Waals surface area contributed by atoms with Crippen molar-refractivity contribution in [2.24, 2.45) is 0 Å². The fourth-order valence-electron chi connectivity index (χ4n) is 4.44.